The minimum atomic E-state index is 0.149. The van der Waals surface area contributed by atoms with Gasteiger partial charge in [0.05, 0.1) is 11.7 Å². The average Bonchev–Trinajstić information content (AvgIpc) is 2.90. The van der Waals surface area contributed by atoms with E-state index in [2.05, 4.69) is 26.1 Å². The van der Waals surface area contributed by atoms with Crippen molar-refractivity contribution >= 4 is 0 Å². The molecule has 0 aromatic rings. The van der Waals surface area contributed by atoms with Crippen LogP contribution in [0.25, 0.3) is 0 Å². The fourth-order valence-electron chi connectivity index (χ4n) is 3.88. The molecule has 2 aliphatic rings. The molecule has 2 heteroatoms. The molecule has 0 atom stereocenters. The van der Waals surface area contributed by atoms with Gasteiger partial charge in [0.15, 0.2) is 0 Å². The van der Waals surface area contributed by atoms with Gasteiger partial charge in [-0.1, -0.05) is 33.6 Å². The molecular weight excluding hydrogens is 234 g/mol. The molecule has 2 nitrogen and oxygen atoms in total. The van der Waals surface area contributed by atoms with Gasteiger partial charge in [-0.2, -0.15) is 0 Å². The van der Waals surface area contributed by atoms with Gasteiger partial charge >= 0.3 is 0 Å². The molecule has 2 saturated carbocycles. The van der Waals surface area contributed by atoms with E-state index in [1.165, 1.54) is 51.4 Å². The Morgan fingerprint density at radius 1 is 1.11 bits per heavy atom. The lowest BCUT2D eigenvalue weighted by atomic mass is 9.74. The highest BCUT2D eigenvalue weighted by atomic mass is 16.5. The summed E-state index contributed by atoms with van der Waals surface area (Å²) >= 11 is 0. The van der Waals surface area contributed by atoms with Gasteiger partial charge in [0, 0.05) is 6.54 Å². The molecule has 19 heavy (non-hydrogen) atoms. The summed E-state index contributed by atoms with van der Waals surface area (Å²) in [5.74, 6) is 1.76. The number of nitrogens with one attached hydrogen (secondary N) is 1. The summed E-state index contributed by atoms with van der Waals surface area (Å²) in [4.78, 5) is 0. The maximum Gasteiger partial charge on any atom is 0.0810 e. The van der Waals surface area contributed by atoms with Crippen LogP contribution in [0.4, 0.5) is 0 Å². The van der Waals surface area contributed by atoms with Crippen LogP contribution in [-0.2, 0) is 4.74 Å². The monoisotopic (exact) mass is 267 g/mol. The Labute approximate surface area is 119 Å². The summed E-state index contributed by atoms with van der Waals surface area (Å²) in [6.07, 6.45) is 11.1. The second-order valence-electron chi connectivity index (χ2n) is 7.07. The molecular formula is C17H33NO. The molecule has 2 fully saturated rings. The lowest BCUT2D eigenvalue weighted by Crippen LogP contribution is -2.48. The Kier molecular flexibility index (Phi) is 5.70. The molecule has 0 aromatic carbocycles. The lowest BCUT2D eigenvalue weighted by molar-refractivity contribution is -0.117. The number of ether oxygens (including phenoxy) is 1. The minimum absolute atomic E-state index is 0.149. The van der Waals surface area contributed by atoms with Gasteiger partial charge in [0.1, 0.15) is 0 Å². The molecule has 0 bridgehead atoms. The third-order valence-electron chi connectivity index (χ3n) is 5.30. The molecule has 0 aromatic heterocycles. The van der Waals surface area contributed by atoms with Crippen LogP contribution < -0.4 is 5.32 Å². The molecule has 0 unspecified atom stereocenters. The van der Waals surface area contributed by atoms with E-state index in [4.69, 9.17) is 4.74 Å². The molecule has 0 heterocycles. The van der Waals surface area contributed by atoms with Crippen LogP contribution in [-0.4, -0.2) is 24.8 Å². The molecule has 0 spiro atoms. The Bertz CT molecular complexity index is 250. The third kappa shape index (κ3) is 4.19. The van der Waals surface area contributed by atoms with Gasteiger partial charge in [-0.25, -0.2) is 0 Å². The zero-order chi connectivity index (χ0) is 13.7. The van der Waals surface area contributed by atoms with Crippen LogP contribution in [0, 0.1) is 11.8 Å². The fourth-order valence-corrected chi connectivity index (χ4v) is 3.88. The predicted octanol–water partition coefficient (Wildman–Crippen LogP) is 4.14. The first-order valence-corrected chi connectivity index (χ1v) is 8.54. The van der Waals surface area contributed by atoms with Gasteiger partial charge in [0.25, 0.3) is 0 Å². The minimum Gasteiger partial charge on any atom is -0.370 e. The molecule has 0 radical (unpaired) electrons. The van der Waals surface area contributed by atoms with E-state index in [0.717, 1.165) is 24.9 Å². The van der Waals surface area contributed by atoms with Gasteiger partial charge in [-0.05, 0) is 56.9 Å². The smallest absolute Gasteiger partial charge is 0.0810 e. The van der Waals surface area contributed by atoms with Crippen molar-refractivity contribution in [3.8, 4) is 0 Å². The zero-order valence-electron chi connectivity index (χ0n) is 13.2. The van der Waals surface area contributed by atoms with E-state index in [9.17, 15) is 0 Å². The van der Waals surface area contributed by atoms with E-state index < -0.39 is 0 Å². The quantitative estimate of drug-likeness (QED) is 0.781. The maximum absolute atomic E-state index is 6.61. The van der Waals surface area contributed by atoms with E-state index >= 15 is 0 Å². The molecule has 1 N–H and O–H groups in total. The lowest BCUT2D eigenvalue weighted by Gasteiger charge is -2.43. The highest BCUT2D eigenvalue weighted by Gasteiger charge is 2.38. The van der Waals surface area contributed by atoms with Crippen molar-refractivity contribution in [1.29, 1.82) is 0 Å². The van der Waals surface area contributed by atoms with Crippen molar-refractivity contribution in [1.82, 2.24) is 5.32 Å². The van der Waals surface area contributed by atoms with Gasteiger partial charge in [-0.15, -0.1) is 0 Å². The van der Waals surface area contributed by atoms with E-state index in [1.54, 1.807) is 0 Å². The highest BCUT2D eigenvalue weighted by molar-refractivity contribution is 4.91. The zero-order valence-corrected chi connectivity index (χ0v) is 13.2. The Morgan fingerprint density at radius 2 is 1.74 bits per heavy atom. The SMILES string of the molecule is CCNCC1(OC2CCCC2)CCC(C(C)C)CC1. The van der Waals surface area contributed by atoms with Crippen molar-refractivity contribution in [2.75, 3.05) is 13.1 Å². The van der Waals surface area contributed by atoms with Crippen LogP contribution in [0.5, 0.6) is 0 Å². The van der Waals surface area contributed by atoms with Gasteiger partial charge < -0.3 is 10.1 Å². The Hall–Kier alpha value is -0.0800. The average molecular weight is 267 g/mol. The third-order valence-corrected chi connectivity index (χ3v) is 5.30. The molecule has 2 aliphatic carbocycles. The normalized spacial score (nSPS) is 33.2. The summed E-state index contributed by atoms with van der Waals surface area (Å²) in [5, 5.41) is 3.55. The Balaban J connectivity index is 1.91. The Morgan fingerprint density at radius 3 is 2.26 bits per heavy atom. The van der Waals surface area contributed by atoms with Crippen LogP contribution in [0.15, 0.2) is 0 Å². The molecule has 0 amide bonds. The summed E-state index contributed by atoms with van der Waals surface area (Å²) < 4.78 is 6.61. The number of hydrogen-bond donors (Lipinski definition) is 1. The number of likely N-dealkylation sites (N-methyl/N-ethyl adjacent to an activating group) is 1. The maximum atomic E-state index is 6.61. The second-order valence-corrected chi connectivity index (χ2v) is 7.07. The number of hydrogen-bond acceptors (Lipinski definition) is 2. The predicted molar refractivity (Wildman–Crippen MR) is 81.4 cm³/mol. The van der Waals surface area contributed by atoms with Crippen molar-refractivity contribution in [2.24, 2.45) is 11.8 Å². The van der Waals surface area contributed by atoms with Crippen LogP contribution in [0.3, 0.4) is 0 Å². The van der Waals surface area contributed by atoms with Crippen LogP contribution in [0.1, 0.15) is 72.1 Å². The molecule has 0 aliphatic heterocycles. The van der Waals surface area contributed by atoms with E-state index in [-0.39, 0.29) is 5.60 Å². The number of rotatable bonds is 6. The van der Waals surface area contributed by atoms with Crippen molar-refractivity contribution < 1.29 is 4.74 Å². The largest absolute Gasteiger partial charge is 0.370 e. The molecule has 0 saturated heterocycles. The van der Waals surface area contributed by atoms with Gasteiger partial charge in [0.2, 0.25) is 0 Å². The van der Waals surface area contributed by atoms with Crippen LogP contribution >= 0.6 is 0 Å². The highest BCUT2D eigenvalue weighted by Crippen LogP contribution is 2.40. The summed E-state index contributed by atoms with van der Waals surface area (Å²) in [5.41, 5.74) is 0.149. The van der Waals surface area contributed by atoms with Gasteiger partial charge in [-0.3, -0.25) is 0 Å². The summed E-state index contributed by atoms with van der Waals surface area (Å²) in [6, 6.07) is 0. The van der Waals surface area contributed by atoms with Crippen LogP contribution in [0.2, 0.25) is 0 Å². The van der Waals surface area contributed by atoms with E-state index in [1.807, 2.05) is 0 Å². The first-order valence-electron chi connectivity index (χ1n) is 8.54. The molecule has 112 valence electrons. The standard InChI is InChI=1S/C17H33NO/c1-4-18-13-17(19-16-7-5-6-8-16)11-9-15(10-12-17)14(2)3/h14-16,18H,4-13H2,1-3H3. The summed E-state index contributed by atoms with van der Waals surface area (Å²) in [7, 11) is 0. The first kappa shape index (κ1) is 15.3. The molecule has 2 rings (SSSR count). The van der Waals surface area contributed by atoms with E-state index in [0.29, 0.717) is 6.10 Å². The topological polar surface area (TPSA) is 21.3 Å². The fraction of sp³-hybridized carbons (Fsp3) is 1.00. The second kappa shape index (κ2) is 7.08. The van der Waals surface area contributed by atoms with Crippen molar-refractivity contribution in [3.63, 3.8) is 0 Å². The van der Waals surface area contributed by atoms with Crippen molar-refractivity contribution in [3.05, 3.63) is 0 Å². The first-order chi connectivity index (χ1) is 9.15. The van der Waals surface area contributed by atoms with Crippen molar-refractivity contribution in [2.45, 2.75) is 83.8 Å². The summed E-state index contributed by atoms with van der Waals surface area (Å²) in [6.45, 7) is 9.07.